The minimum atomic E-state index is -2.15. The Labute approximate surface area is 252 Å². The second kappa shape index (κ2) is 12.6. The number of carbonyl (C=O) groups is 1. The summed E-state index contributed by atoms with van der Waals surface area (Å²) in [5, 5.41) is 0.305. The van der Waals surface area contributed by atoms with E-state index in [1.54, 1.807) is 23.8 Å². The molecule has 0 N–H and O–H groups in total. The van der Waals surface area contributed by atoms with Gasteiger partial charge in [-0.2, -0.15) is 0 Å². The lowest BCUT2D eigenvalue weighted by Crippen LogP contribution is -2.46. The van der Waals surface area contributed by atoms with Crippen LogP contribution in [0.2, 0.25) is 18.1 Å². The molecule has 2 saturated heterocycles. The molecule has 1 amide bonds. The maximum absolute atomic E-state index is 13.6. The number of methoxy groups -OCH3 is 1. The molecule has 0 spiro atoms. The number of nitrogens with zero attached hydrogens (tertiary/aromatic N) is 1. The van der Waals surface area contributed by atoms with Crippen LogP contribution in [0.1, 0.15) is 79.6 Å². The number of rotatable bonds is 10. The Bertz CT molecular complexity index is 1060. The molecule has 224 valence electrons. The zero-order valence-corrected chi connectivity index (χ0v) is 28.7. The normalized spacial score (nSPS) is 26.7. The number of hydrogen-bond acceptors (Lipinski definition) is 7. The van der Waals surface area contributed by atoms with Gasteiger partial charge in [0, 0.05) is 17.4 Å². The molecule has 40 heavy (non-hydrogen) atoms. The first-order valence-electron chi connectivity index (χ1n) is 14.2. The van der Waals surface area contributed by atoms with Gasteiger partial charge in [0.05, 0.1) is 25.2 Å². The second-order valence-corrected chi connectivity index (χ2v) is 20.4. The predicted molar refractivity (Wildman–Crippen MR) is 171 cm³/mol. The molecule has 0 bridgehead atoms. The minimum absolute atomic E-state index is 0.0183. The highest BCUT2D eigenvalue weighted by Crippen LogP contribution is 2.44. The molecule has 2 aliphatic heterocycles. The van der Waals surface area contributed by atoms with E-state index in [0.29, 0.717) is 30.1 Å². The van der Waals surface area contributed by atoms with Crippen molar-refractivity contribution in [3.63, 3.8) is 0 Å². The van der Waals surface area contributed by atoms with E-state index < -0.39 is 20.2 Å². The molecular formula is C31H49NO5S2Si. The average Bonchev–Trinajstić information content (AvgIpc) is 3.42. The van der Waals surface area contributed by atoms with E-state index in [2.05, 4.69) is 68.1 Å². The van der Waals surface area contributed by atoms with Crippen molar-refractivity contribution in [2.24, 2.45) is 5.41 Å². The molecule has 1 aromatic rings. The zero-order chi connectivity index (χ0) is 30.1. The largest absolute Gasteiger partial charge is 0.497 e. The third kappa shape index (κ3) is 7.78. The molecule has 0 radical (unpaired) electrons. The molecule has 9 heteroatoms. The van der Waals surface area contributed by atoms with Gasteiger partial charge in [0.25, 0.3) is 0 Å². The fourth-order valence-electron chi connectivity index (χ4n) is 4.70. The molecule has 1 unspecified atom stereocenters. The van der Waals surface area contributed by atoms with Gasteiger partial charge in [0.2, 0.25) is 5.91 Å². The third-order valence-electron chi connectivity index (χ3n) is 8.56. The van der Waals surface area contributed by atoms with Crippen molar-refractivity contribution in [1.82, 2.24) is 4.90 Å². The van der Waals surface area contributed by atoms with Crippen molar-refractivity contribution in [1.29, 1.82) is 0 Å². The molecule has 0 aromatic heterocycles. The first kappa shape index (κ1) is 33.3. The summed E-state index contributed by atoms with van der Waals surface area (Å²) < 4.78 is 25.7. The minimum Gasteiger partial charge on any atom is -0.497 e. The van der Waals surface area contributed by atoms with Gasteiger partial charge >= 0.3 is 0 Å². The quantitative estimate of drug-likeness (QED) is 0.152. The molecule has 2 fully saturated rings. The Morgan fingerprint density at radius 3 is 2.38 bits per heavy atom. The van der Waals surface area contributed by atoms with E-state index in [0.717, 1.165) is 11.3 Å². The molecule has 2 heterocycles. The third-order valence-corrected chi connectivity index (χ3v) is 15.2. The number of hydrogen-bond donors (Lipinski definition) is 0. The van der Waals surface area contributed by atoms with Crippen LogP contribution in [-0.4, -0.2) is 60.2 Å². The van der Waals surface area contributed by atoms with Gasteiger partial charge in [0.15, 0.2) is 14.6 Å². The van der Waals surface area contributed by atoms with Crippen LogP contribution in [0.5, 0.6) is 5.75 Å². The van der Waals surface area contributed by atoms with Gasteiger partial charge in [0.1, 0.15) is 16.2 Å². The van der Waals surface area contributed by atoms with Crippen molar-refractivity contribution in [3.8, 4) is 5.75 Å². The number of ether oxygens (including phenoxy) is 3. The molecular weight excluding hydrogens is 559 g/mol. The number of benzene rings is 1. The number of thioether (sulfide) groups is 1. The summed E-state index contributed by atoms with van der Waals surface area (Å²) in [7, 11) is -0.502. The lowest BCUT2D eigenvalue weighted by molar-refractivity contribution is -0.129. The van der Waals surface area contributed by atoms with Gasteiger partial charge in [-0.1, -0.05) is 83.7 Å². The predicted octanol–water partition coefficient (Wildman–Crippen LogP) is 7.89. The number of carbonyl (C=O) groups excluding carboxylic acids is 1. The summed E-state index contributed by atoms with van der Waals surface area (Å²) in [5.41, 5.74) is 0.379. The Balaban J connectivity index is 1.76. The Hall–Kier alpha value is -1.23. The van der Waals surface area contributed by atoms with Gasteiger partial charge in [-0.3, -0.25) is 9.69 Å². The van der Waals surface area contributed by atoms with Crippen molar-refractivity contribution in [3.05, 3.63) is 42.5 Å². The lowest BCUT2D eigenvalue weighted by Gasteiger charge is -2.40. The van der Waals surface area contributed by atoms with Crippen molar-refractivity contribution >= 4 is 42.5 Å². The van der Waals surface area contributed by atoms with E-state index >= 15 is 0 Å². The highest BCUT2D eigenvalue weighted by atomic mass is 32.2. The summed E-state index contributed by atoms with van der Waals surface area (Å²) in [6.45, 7) is 24.5. The highest BCUT2D eigenvalue weighted by molar-refractivity contribution is 8.23. The Kier molecular flexibility index (Phi) is 10.4. The van der Waals surface area contributed by atoms with Crippen LogP contribution in [0, 0.1) is 5.41 Å². The SMILES string of the molecule is C=C[C@@H]1OC(c2ccc(OC)cc2)O[C@]1(C)CC[C@@H](CC(=O)N1C[C@@H](C(C)(C)C)SC1=S)O[Si](C)(C)C(C)(C)C. The smallest absolute Gasteiger partial charge is 0.230 e. The van der Waals surface area contributed by atoms with Crippen molar-refractivity contribution in [2.45, 2.75) is 115 Å². The van der Waals surface area contributed by atoms with Crippen LogP contribution in [0.25, 0.3) is 0 Å². The van der Waals surface area contributed by atoms with Gasteiger partial charge in [-0.05, 0) is 55.4 Å². The molecule has 1 aromatic carbocycles. The second-order valence-electron chi connectivity index (χ2n) is 13.8. The van der Waals surface area contributed by atoms with Crippen LogP contribution in [0.4, 0.5) is 0 Å². The number of thiocarbonyl (C=S) groups is 1. The highest BCUT2D eigenvalue weighted by Gasteiger charge is 2.47. The zero-order valence-electron chi connectivity index (χ0n) is 26.0. The summed E-state index contributed by atoms with van der Waals surface area (Å²) in [5.74, 6) is 0.822. The van der Waals surface area contributed by atoms with Gasteiger partial charge < -0.3 is 18.6 Å². The van der Waals surface area contributed by atoms with Crippen LogP contribution in [0.15, 0.2) is 36.9 Å². The van der Waals surface area contributed by atoms with Crippen LogP contribution >= 0.6 is 24.0 Å². The summed E-state index contributed by atoms with van der Waals surface area (Å²) >= 11 is 7.28. The fourth-order valence-corrected chi connectivity index (χ4v) is 7.73. The van der Waals surface area contributed by atoms with E-state index in [9.17, 15) is 4.79 Å². The van der Waals surface area contributed by atoms with Crippen LogP contribution < -0.4 is 4.74 Å². The Morgan fingerprint density at radius 2 is 1.88 bits per heavy atom. The molecule has 2 aliphatic rings. The first-order chi connectivity index (χ1) is 18.4. The first-order valence-corrected chi connectivity index (χ1v) is 18.4. The summed E-state index contributed by atoms with van der Waals surface area (Å²) in [6.07, 6.45) is 2.38. The Morgan fingerprint density at radius 1 is 1.25 bits per heavy atom. The monoisotopic (exact) mass is 607 g/mol. The van der Waals surface area contributed by atoms with Crippen LogP contribution in [-0.2, 0) is 18.7 Å². The topological polar surface area (TPSA) is 57.2 Å². The standard InChI is InChI=1S/C31H49NO5S2Si/c1-12-24-31(8,36-27(35-24)21-13-15-22(34-9)16-14-21)18-17-23(37-40(10,11)30(5,6)7)19-26(33)32-20-25(29(2,3)4)39-28(32)38/h12-16,23-25,27H,1,17-20H2,2-11H3/t23-,24-,25-,27?,31+/m0/s1. The van der Waals surface area contributed by atoms with E-state index in [1.807, 2.05) is 30.3 Å². The average molecular weight is 608 g/mol. The molecule has 0 saturated carbocycles. The van der Waals surface area contributed by atoms with Gasteiger partial charge in [-0.25, -0.2) is 0 Å². The molecule has 0 aliphatic carbocycles. The maximum atomic E-state index is 13.6. The maximum Gasteiger partial charge on any atom is 0.230 e. The molecule has 3 rings (SSSR count). The fraction of sp³-hybridized carbons (Fsp3) is 0.677. The lowest BCUT2D eigenvalue weighted by atomic mass is 9.91. The van der Waals surface area contributed by atoms with Crippen molar-refractivity contribution in [2.75, 3.05) is 13.7 Å². The van der Waals surface area contributed by atoms with E-state index in [4.69, 9.17) is 30.9 Å². The summed E-state index contributed by atoms with van der Waals surface area (Å²) in [4.78, 5) is 15.4. The number of amides is 1. The molecule has 6 nitrogen and oxygen atoms in total. The van der Waals surface area contributed by atoms with Gasteiger partial charge in [-0.15, -0.1) is 6.58 Å². The van der Waals surface area contributed by atoms with Crippen LogP contribution in [0.3, 0.4) is 0 Å². The molecule has 5 atom stereocenters. The van der Waals surface area contributed by atoms with Crippen molar-refractivity contribution < 1.29 is 23.4 Å². The van der Waals surface area contributed by atoms with E-state index in [1.165, 1.54) is 0 Å². The van der Waals surface area contributed by atoms with E-state index in [-0.39, 0.29) is 33.8 Å². The summed E-state index contributed by atoms with van der Waals surface area (Å²) in [6, 6.07) is 7.72.